The van der Waals surface area contributed by atoms with Crippen LogP contribution in [0.3, 0.4) is 0 Å². The Labute approximate surface area is 212 Å². The van der Waals surface area contributed by atoms with Crippen molar-refractivity contribution in [1.29, 1.82) is 0 Å². The second kappa shape index (κ2) is 9.13. The number of carbonyl (C=O) groups excluding carboxylic acids is 2. The summed E-state index contributed by atoms with van der Waals surface area (Å²) in [4.78, 5) is 33.0. The van der Waals surface area contributed by atoms with Crippen LogP contribution in [0.25, 0.3) is 16.0 Å². The van der Waals surface area contributed by atoms with E-state index in [1.54, 1.807) is 30.3 Å². The maximum Gasteiger partial charge on any atom is 0.301 e. The first-order chi connectivity index (χ1) is 17.3. The molecule has 8 heteroatoms. The Kier molecular flexibility index (Phi) is 5.97. The molecule has 1 atom stereocenters. The first-order valence-corrected chi connectivity index (χ1v) is 12.1. The fourth-order valence-corrected chi connectivity index (χ4v) is 5.46. The van der Waals surface area contributed by atoms with Crippen LogP contribution in [-0.2, 0) is 9.59 Å². The third-order valence-electron chi connectivity index (χ3n) is 6.24. The lowest BCUT2D eigenvalue weighted by atomic mass is 9.94. The number of fused-ring (bicyclic) bond motifs is 1. The minimum absolute atomic E-state index is 0.0363. The molecule has 0 saturated carbocycles. The number of nitrogens with zero attached hydrogens (tertiary/aromatic N) is 2. The van der Waals surface area contributed by atoms with Gasteiger partial charge in [0.05, 0.1) is 30.0 Å². The van der Waals surface area contributed by atoms with E-state index in [2.05, 4.69) is 4.98 Å². The van der Waals surface area contributed by atoms with Gasteiger partial charge < -0.3 is 14.6 Å². The maximum atomic E-state index is 13.5. The van der Waals surface area contributed by atoms with Crippen molar-refractivity contribution in [3.05, 3.63) is 88.5 Å². The number of ether oxygens (including phenoxy) is 2. The molecular formula is C28H24N2O5S. The Bertz CT molecular complexity index is 1540. The highest BCUT2D eigenvalue weighted by atomic mass is 32.1. The van der Waals surface area contributed by atoms with E-state index in [0.717, 1.165) is 21.3 Å². The number of hydrogen-bond acceptors (Lipinski definition) is 7. The average Bonchev–Trinajstić information content (AvgIpc) is 3.41. The van der Waals surface area contributed by atoms with Crippen molar-refractivity contribution in [2.45, 2.75) is 19.9 Å². The second-order valence-electron chi connectivity index (χ2n) is 8.61. The average molecular weight is 501 g/mol. The number of rotatable bonds is 5. The summed E-state index contributed by atoms with van der Waals surface area (Å²) in [5, 5.41) is 11.7. The number of thiazole rings is 1. The quantitative estimate of drug-likeness (QED) is 0.219. The molecule has 0 spiro atoms. The molecule has 1 fully saturated rings. The van der Waals surface area contributed by atoms with Gasteiger partial charge in [0, 0.05) is 11.1 Å². The van der Waals surface area contributed by atoms with Crippen LogP contribution >= 0.6 is 11.3 Å². The summed E-state index contributed by atoms with van der Waals surface area (Å²) >= 11 is 1.31. The zero-order valence-electron chi connectivity index (χ0n) is 20.2. The molecule has 1 aliphatic heterocycles. The van der Waals surface area contributed by atoms with Crippen LogP contribution in [0.1, 0.15) is 28.3 Å². The number of aliphatic hydroxyl groups excluding tert-OH is 1. The number of amides is 1. The van der Waals surface area contributed by atoms with E-state index < -0.39 is 17.7 Å². The summed E-state index contributed by atoms with van der Waals surface area (Å²) in [6.45, 7) is 3.91. The fourth-order valence-electron chi connectivity index (χ4n) is 4.37. The van der Waals surface area contributed by atoms with Crippen molar-refractivity contribution in [3.8, 4) is 11.5 Å². The van der Waals surface area contributed by atoms with Crippen LogP contribution in [0.5, 0.6) is 11.5 Å². The fraction of sp³-hybridized carbons (Fsp3) is 0.179. The SMILES string of the molecule is COc1ccc(OC)c(C2/C(=C(\O)c3ccc(C)cc3)C(=O)C(=O)N2c2nc3ccc(C)cc3s2)c1. The highest BCUT2D eigenvalue weighted by Crippen LogP contribution is 2.47. The topological polar surface area (TPSA) is 89.0 Å². The van der Waals surface area contributed by atoms with Crippen molar-refractivity contribution < 1.29 is 24.2 Å². The van der Waals surface area contributed by atoms with Crippen LogP contribution in [0.2, 0.25) is 0 Å². The van der Waals surface area contributed by atoms with Crippen molar-refractivity contribution in [2.24, 2.45) is 0 Å². The van der Waals surface area contributed by atoms with Crippen LogP contribution in [0, 0.1) is 13.8 Å². The van der Waals surface area contributed by atoms with E-state index in [4.69, 9.17) is 9.47 Å². The van der Waals surface area contributed by atoms with Crippen LogP contribution in [0.4, 0.5) is 5.13 Å². The van der Waals surface area contributed by atoms with Gasteiger partial charge in [0.1, 0.15) is 23.3 Å². The molecule has 1 N–H and O–H groups in total. The summed E-state index contributed by atoms with van der Waals surface area (Å²) in [6, 6.07) is 17.1. The Hall–Kier alpha value is -4.17. The van der Waals surface area contributed by atoms with Gasteiger partial charge in [0.15, 0.2) is 5.13 Å². The van der Waals surface area contributed by atoms with Gasteiger partial charge in [-0.2, -0.15) is 0 Å². The number of hydrogen-bond donors (Lipinski definition) is 1. The number of aromatic nitrogens is 1. The highest BCUT2D eigenvalue weighted by molar-refractivity contribution is 7.22. The number of aliphatic hydroxyl groups is 1. The number of Topliss-reactive ketones (excluding diaryl/α,β-unsaturated/α-hetero) is 1. The lowest BCUT2D eigenvalue weighted by Crippen LogP contribution is -2.29. The summed E-state index contributed by atoms with van der Waals surface area (Å²) < 4.78 is 11.9. The monoisotopic (exact) mass is 500 g/mol. The number of methoxy groups -OCH3 is 2. The third kappa shape index (κ3) is 3.89. The molecule has 1 unspecified atom stereocenters. The molecule has 3 aromatic carbocycles. The standard InChI is InChI=1S/C28H24N2O5S/c1-15-5-8-17(9-6-15)25(31)23-24(19-14-18(34-3)10-12-21(19)35-4)30(27(33)26(23)32)28-29-20-11-7-16(2)13-22(20)36-28/h5-14,24,31H,1-4H3/b25-23+. The van der Waals surface area contributed by atoms with Gasteiger partial charge in [-0.1, -0.05) is 47.2 Å². The largest absolute Gasteiger partial charge is 0.507 e. The van der Waals surface area contributed by atoms with Crippen molar-refractivity contribution in [2.75, 3.05) is 19.1 Å². The van der Waals surface area contributed by atoms with Crippen LogP contribution in [-0.4, -0.2) is 36.0 Å². The molecule has 1 saturated heterocycles. The zero-order valence-corrected chi connectivity index (χ0v) is 21.1. The molecule has 0 radical (unpaired) electrons. The number of aryl methyl sites for hydroxylation is 2. The summed E-state index contributed by atoms with van der Waals surface area (Å²) in [7, 11) is 3.04. The van der Waals surface area contributed by atoms with Gasteiger partial charge >= 0.3 is 5.91 Å². The van der Waals surface area contributed by atoms with Crippen molar-refractivity contribution in [1.82, 2.24) is 4.98 Å². The lowest BCUT2D eigenvalue weighted by molar-refractivity contribution is -0.132. The van der Waals surface area contributed by atoms with E-state index in [1.165, 1.54) is 30.5 Å². The lowest BCUT2D eigenvalue weighted by Gasteiger charge is -2.25. The minimum atomic E-state index is -0.974. The number of carbonyl (C=O) groups is 2. The Morgan fingerprint density at radius 2 is 1.67 bits per heavy atom. The molecule has 5 rings (SSSR count). The van der Waals surface area contributed by atoms with E-state index in [9.17, 15) is 14.7 Å². The molecule has 4 aromatic rings. The summed E-state index contributed by atoms with van der Waals surface area (Å²) in [5.41, 5.74) is 3.68. The van der Waals surface area contributed by atoms with Gasteiger partial charge in [0.25, 0.3) is 5.78 Å². The van der Waals surface area contributed by atoms with E-state index in [-0.39, 0.29) is 11.3 Å². The van der Waals surface area contributed by atoms with Crippen molar-refractivity contribution >= 4 is 44.1 Å². The predicted molar refractivity (Wildman–Crippen MR) is 140 cm³/mol. The Morgan fingerprint density at radius 1 is 0.944 bits per heavy atom. The molecule has 0 aliphatic carbocycles. The van der Waals surface area contributed by atoms with Gasteiger partial charge in [-0.15, -0.1) is 0 Å². The molecule has 2 heterocycles. The van der Waals surface area contributed by atoms with Crippen LogP contribution in [0.15, 0.2) is 66.2 Å². The van der Waals surface area contributed by atoms with Gasteiger partial charge in [-0.3, -0.25) is 14.5 Å². The second-order valence-corrected chi connectivity index (χ2v) is 9.62. The molecule has 7 nitrogen and oxygen atoms in total. The van der Waals surface area contributed by atoms with Gasteiger partial charge in [0.2, 0.25) is 0 Å². The number of anilines is 1. The highest BCUT2D eigenvalue weighted by Gasteiger charge is 2.49. The summed E-state index contributed by atoms with van der Waals surface area (Å²) in [6.07, 6.45) is 0. The third-order valence-corrected chi connectivity index (χ3v) is 7.26. The molecule has 0 bridgehead atoms. The Morgan fingerprint density at radius 3 is 2.36 bits per heavy atom. The number of ketones is 1. The predicted octanol–water partition coefficient (Wildman–Crippen LogP) is 5.56. The van der Waals surface area contributed by atoms with Gasteiger partial charge in [-0.25, -0.2) is 4.98 Å². The first kappa shape index (κ1) is 23.6. The summed E-state index contributed by atoms with van der Waals surface area (Å²) in [5.74, 6) is -0.860. The van der Waals surface area contributed by atoms with E-state index in [0.29, 0.717) is 27.8 Å². The zero-order chi connectivity index (χ0) is 25.6. The van der Waals surface area contributed by atoms with Crippen molar-refractivity contribution in [3.63, 3.8) is 0 Å². The van der Waals surface area contributed by atoms with E-state index >= 15 is 0 Å². The van der Waals surface area contributed by atoms with Crippen LogP contribution < -0.4 is 14.4 Å². The molecule has 1 amide bonds. The normalized spacial score (nSPS) is 17.1. The Balaban J connectivity index is 1.78. The first-order valence-electron chi connectivity index (χ1n) is 11.3. The van der Waals surface area contributed by atoms with Gasteiger partial charge in [-0.05, 0) is 49.7 Å². The maximum absolute atomic E-state index is 13.5. The smallest absolute Gasteiger partial charge is 0.301 e. The molecule has 36 heavy (non-hydrogen) atoms. The van der Waals surface area contributed by atoms with E-state index in [1.807, 2.05) is 44.2 Å². The number of benzene rings is 3. The molecular weight excluding hydrogens is 476 g/mol. The molecule has 1 aliphatic rings. The molecule has 1 aromatic heterocycles. The molecule has 182 valence electrons. The minimum Gasteiger partial charge on any atom is -0.507 e.